The Morgan fingerprint density at radius 1 is 1.39 bits per heavy atom. The van der Waals surface area contributed by atoms with E-state index in [4.69, 9.17) is 0 Å². The maximum atomic E-state index is 10.5. The predicted molar refractivity (Wildman–Crippen MR) is 67.8 cm³/mol. The van der Waals surface area contributed by atoms with Gasteiger partial charge in [0.1, 0.15) is 6.61 Å². The van der Waals surface area contributed by atoms with Gasteiger partial charge in [-0.15, -0.1) is 0 Å². The van der Waals surface area contributed by atoms with Gasteiger partial charge in [0.05, 0.1) is 6.54 Å². The van der Waals surface area contributed by atoms with E-state index in [0.29, 0.717) is 25.7 Å². The first-order valence-electron chi connectivity index (χ1n) is 5.81. The number of benzene rings is 1. The minimum atomic E-state index is 0.101. The molecule has 1 saturated heterocycles. The molecule has 5 nitrogen and oxygen atoms in total. The number of ether oxygens (including phenoxy) is 1. The van der Waals surface area contributed by atoms with E-state index in [1.807, 2.05) is 37.3 Å². The lowest BCUT2D eigenvalue weighted by molar-refractivity contribution is -0.129. The third-order valence-electron chi connectivity index (χ3n) is 2.30. The Morgan fingerprint density at radius 3 is 2.61 bits per heavy atom. The summed E-state index contributed by atoms with van der Waals surface area (Å²) < 4.78 is 4.54. The molecule has 0 radical (unpaired) electrons. The second-order valence-electron chi connectivity index (χ2n) is 3.99. The molecule has 0 unspecified atom stereocenters. The Kier molecular flexibility index (Phi) is 6.50. The molecule has 5 heteroatoms. The highest BCUT2D eigenvalue weighted by atomic mass is 16.5. The molecule has 2 N–H and O–H groups in total. The third kappa shape index (κ3) is 6.00. The second-order valence-corrected chi connectivity index (χ2v) is 3.99. The molecule has 0 aromatic heterocycles. The molecule has 1 aliphatic heterocycles. The second kappa shape index (κ2) is 8.25. The van der Waals surface area contributed by atoms with Crippen molar-refractivity contribution in [3.05, 3.63) is 35.9 Å². The molecule has 0 saturated carbocycles. The molecule has 2 rings (SSSR count). The van der Waals surface area contributed by atoms with Crippen molar-refractivity contribution < 1.29 is 14.3 Å². The van der Waals surface area contributed by atoms with Gasteiger partial charge in [-0.1, -0.05) is 30.3 Å². The highest BCUT2D eigenvalue weighted by Crippen LogP contribution is 1.98. The van der Waals surface area contributed by atoms with Crippen LogP contribution in [0.25, 0.3) is 0 Å². The SMILES string of the molecule is C[C@H]1CNCC(=O)N1.O=COCc1ccccc1. The Balaban J connectivity index is 0.000000184. The number of rotatable bonds is 3. The van der Waals surface area contributed by atoms with Gasteiger partial charge in [0.2, 0.25) is 5.91 Å². The van der Waals surface area contributed by atoms with Gasteiger partial charge in [0.25, 0.3) is 6.47 Å². The first-order chi connectivity index (χ1) is 8.72. The van der Waals surface area contributed by atoms with E-state index in [1.165, 1.54) is 0 Å². The van der Waals surface area contributed by atoms with Crippen LogP contribution in [0.2, 0.25) is 0 Å². The molecule has 98 valence electrons. The monoisotopic (exact) mass is 250 g/mol. The Morgan fingerprint density at radius 2 is 2.11 bits per heavy atom. The van der Waals surface area contributed by atoms with Crippen LogP contribution in [-0.4, -0.2) is 31.5 Å². The average molecular weight is 250 g/mol. The van der Waals surface area contributed by atoms with Gasteiger partial charge in [0.15, 0.2) is 0 Å². The molecule has 1 aromatic carbocycles. The summed E-state index contributed by atoms with van der Waals surface area (Å²) in [6.07, 6.45) is 0. The number of piperazine rings is 1. The maximum absolute atomic E-state index is 10.5. The van der Waals surface area contributed by atoms with Crippen molar-refractivity contribution in [3.8, 4) is 0 Å². The lowest BCUT2D eigenvalue weighted by Gasteiger charge is -2.19. The van der Waals surface area contributed by atoms with Crippen LogP contribution < -0.4 is 10.6 Å². The minimum absolute atomic E-state index is 0.101. The lowest BCUT2D eigenvalue weighted by atomic mass is 10.2. The predicted octanol–water partition coefficient (Wildman–Crippen LogP) is 0.454. The number of carbonyl (C=O) groups is 2. The summed E-state index contributed by atoms with van der Waals surface area (Å²) in [5, 5.41) is 5.75. The summed E-state index contributed by atoms with van der Waals surface area (Å²) in [7, 11) is 0. The highest BCUT2D eigenvalue weighted by Gasteiger charge is 2.11. The summed E-state index contributed by atoms with van der Waals surface area (Å²) in [5.41, 5.74) is 1.01. The molecule has 0 spiro atoms. The number of nitrogens with one attached hydrogen (secondary N) is 2. The van der Waals surface area contributed by atoms with E-state index in [0.717, 1.165) is 12.1 Å². The number of hydrogen-bond acceptors (Lipinski definition) is 4. The zero-order chi connectivity index (χ0) is 13.2. The maximum Gasteiger partial charge on any atom is 0.293 e. The number of hydrogen-bond donors (Lipinski definition) is 2. The Bertz CT molecular complexity index is 368. The van der Waals surface area contributed by atoms with Crippen LogP contribution in [0.3, 0.4) is 0 Å². The Hall–Kier alpha value is -1.88. The van der Waals surface area contributed by atoms with Gasteiger partial charge >= 0.3 is 0 Å². The fourth-order valence-corrected chi connectivity index (χ4v) is 1.48. The molecular weight excluding hydrogens is 232 g/mol. The molecule has 1 atom stereocenters. The first-order valence-corrected chi connectivity index (χ1v) is 5.81. The zero-order valence-corrected chi connectivity index (χ0v) is 10.4. The van der Waals surface area contributed by atoms with Crippen molar-refractivity contribution in [2.45, 2.75) is 19.6 Å². The van der Waals surface area contributed by atoms with Gasteiger partial charge in [-0.2, -0.15) is 0 Å². The van der Waals surface area contributed by atoms with Gasteiger partial charge < -0.3 is 15.4 Å². The van der Waals surface area contributed by atoms with E-state index in [-0.39, 0.29) is 5.91 Å². The fraction of sp³-hybridized carbons (Fsp3) is 0.385. The highest BCUT2D eigenvalue weighted by molar-refractivity contribution is 5.79. The molecule has 0 aliphatic carbocycles. The first kappa shape index (κ1) is 14.2. The van der Waals surface area contributed by atoms with Gasteiger partial charge in [-0.25, -0.2) is 0 Å². The molecule has 1 fully saturated rings. The van der Waals surface area contributed by atoms with E-state index in [2.05, 4.69) is 15.4 Å². The van der Waals surface area contributed by atoms with Crippen LogP contribution in [-0.2, 0) is 20.9 Å². The summed E-state index contributed by atoms with van der Waals surface area (Å²) in [4.78, 5) is 20.3. The van der Waals surface area contributed by atoms with E-state index in [1.54, 1.807) is 0 Å². The smallest absolute Gasteiger partial charge is 0.293 e. The summed E-state index contributed by atoms with van der Waals surface area (Å²) in [5.74, 6) is 0.101. The van der Waals surface area contributed by atoms with Crippen molar-refractivity contribution in [3.63, 3.8) is 0 Å². The molecule has 0 bridgehead atoms. The van der Waals surface area contributed by atoms with Crippen LogP contribution in [0.1, 0.15) is 12.5 Å². The standard InChI is InChI=1S/C8H8O2.C5H10N2O/c9-7-10-6-8-4-2-1-3-5-8;1-4-2-6-3-5(8)7-4/h1-5,7H,6H2;4,6H,2-3H2,1H3,(H,7,8)/t;4-/m.0/s1. The van der Waals surface area contributed by atoms with Crippen LogP contribution in [0.5, 0.6) is 0 Å². The van der Waals surface area contributed by atoms with Crippen LogP contribution in [0.15, 0.2) is 30.3 Å². The van der Waals surface area contributed by atoms with Crippen molar-refractivity contribution in [1.82, 2.24) is 10.6 Å². The third-order valence-corrected chi connectivity index (χ3v) is 2.30. The topological polar surface area (TPSA) is 67.4 Å². The van der Waals surface area contributed by atoms with E-state index >= 15 is 0 Å². The van der Waals surface area contributed by atoms with Crippen LogP contribution in [0.4, 0.5) is 0 Å². The van der Waals surface area contributed by atoms with Crippen LogP contribution in [0, 0.1) is 0 Å². The van der Waals surface area contributed by atoms with Gasteiger partial charge in [-0.05, 0) is 12.5 Å². The minimum Gasteiger partial charge on any atom is -0.463 e. The Labute approximate surface area is 107 Å². The lowest BCUT2D eigenvalue weighted by Crippen LogP contribution is -2.50. The average Bonchev–Trinajstić information content (AvgIpc) is 2.38. The molecule has 1 amide bonds. The summed E-state index contributed by atoms with van der Waals surface area (Å²) >= 11 is 0. The zero-order valence-electron chi connectivity index (χ0n) is 10.4. The molecule has 1 aliphatic rings. The molecular formula is C13H18N2O3. The quantitative estimate of drug-likeness (QED) is 0.765. The van der Waals surface area contributed by atoms with Crippen molar-refractivity contribution in [2.75, 3.05) is 13.1 Å². The van der Waals surface area contributed by atoms with Gasteiger partial charge in [0, 0.05) is 12.6 Å². The molecule has 1 aromatic rings. The van der Waals surface area contributed by atoms with Crippen molar-refractivity contribution in [2.24, 2.45) is 0 Å². The normalized spacial score (nSPS) is 18.1. The molecule has 1 heterocycles. The summed E-state index contributed by atoms with van der Waals surface area (Å²) in [6, 6.07) is 9.85. The number of amides is 1. The van der Waals surface area contributed by atoms with E-state index in [9.17, 15) is 9.59 Å². The molecule has 18 heavy (non-hydrogen) atoms. The largest absolute Gasteiger partial charge is 0.463 e. The van der Waals surface area contributed by atoms with E-state index < -0.39 is 0 Å². The van der Waals surface area contributed by atoms with Crippen molar-refractivity contribution in [1.29, 1.82) is 0 Å². The van der Waals surface area contributed by atoms with Crippen LogP contribution >= 0.6 is 0 Å². The van der Waals surface area contributed by atoms with Gasteiger partial charge in [-0.3, -0.25) is 9.59 Å². The fourth-order valence-electron chi connectivity index (χ4n) is 1.48. The van der Waals surface area contributed by atoms with Crippen molar-refractivity contribution >= 4 is 12.4 Å². The number of carbonyl (C=O) groups excluding carboxylic acids is 2. The summed E-state index contributed by atoms with van der Waals surface area (Å²) in [6.45, 7) is 4.16.